The van der Waals surface area contributed by atoms with Gasteiger partial charge in [0.25, 0.3) is 0 Å². The molecule has 0 N–H and O–H groups in total. The van der Waals surface area contributed by atoms with Crippen LogP contribution in [0.4, 0.5) is 0 Å². The molecule has 3 nitrogen and oxygen atoms in total. The second-order valence-corrected chi connectivity index (χ2v) is 5.10. The van der Waals surface area contributed by atoms with E-state index in [0.717, 1.165) is 25.8 Å². The number of nitriles is 1. The molecule has 0 bridgehead atoms. The third kappa shape index (κ3) is 1.84. The maximum absolute atomic E-state index is 9.11. The molecule has 0 aliphatic heterocycles. The number of hydrogen-bond donors (Lipinski definition) is 0. The Labute approximate surface area is 97.1 Å². The summed E-state index contributed by atoms with van der Waals surface area (Å²) in [6.45, 7) is 7.32. The molecule has 1 aromatic rings. The third-order valence-corrected chi connectivity index (χ3v) is 3.42. The molecule has 0 radical (unpaired) electrons. The van der Waals surface area contributed by atoms with Gasteiger partial charge in [0, 0.05) is 12.2 Å². The van der Waals surface area contributed by atoms with Crippen molar-refractivity contribution in [3.63, 3.8) is 0 Å². The highest BCUT2D eigenvalue weighted by Gasteiger charge is 2.43. The normalized spacial score (nSPS) is 17.4. The lowest BCUT2D eigenvalue weighted by Crippen LogP contribution is -2.12. The van der Waals surface area contributed by atoms with E-state index in [9.17, 15) is 0 Å². The maximum atomic E-state index is 9.11. The SMILES string of the molecule is CCc1c(C(C)C)ncn1CC1(C#N)CC1. The summed E-state index contributed by atoms with van der Waals surface area (Å²) in [6.07, 6.45) is 4.99. The summed E-state index contributed by atoms with van der Waals surface area (Å²) in [5, 5.41) is 9.11. The zero-order chi connectivity index (χ0) is 11.8. The highest BCUT2D eigenvalue weighted by atomic mass is 15.1. The molecule has 0 spiro atoms. The first-order valence-corrected chi connectivity index (χ1v) is 6.07. The van der Waals surface area contributed by atoms with Gasteiger partial charge in [0.1, 0.15) is 0 Å². The van der Waals surface area contributed by atoms with Gasteiger partial charge in [-0.25, -0.2) is 4.98 Å². The second kappa shape index (κ2) is 3.93. The number of hydrogen-bond acceptors (Lipinski definition) is 2. The minimum atomic E-state index is -0.0845. The van der Waals surface area contributed by atoms with Gasteiger partial charge < -0.3 is 4.57 Å². The summed E-state index contributed by atoms with van der Waals surface area (Å²) in [4.78, 5) is 4.49. The zero-order valence-electron chi connectivity index (χ0n) is 10.3. The first-order valence-electron chi connectivity index (χ1n) is 6.07. The standard InChI is InChI=1S/C13H19N3/c1-4-11-12(10(2)3)15-9-16(11)8-13(7-14)5-6-13/h9-10H,4-6,8H2,1-3H3. The van der Waals surface area contributed by atoms with Gasteiger partial charge >= 0.3 is 0 Å². The van der Waals surface area contributed by atoms with E-state index in [0.29, 0.717) is 5.92 Å². The van der Waals surface area contributed by atoms with E-state index < -0.39 is 0 Å². The molecule has 0 amide bonds. The van der Waals surface area contributed by atoms with Crippen LogP contribution >= 0.6 is 0 Å². The molecule has 0 aromatic carbocycles. The van der Waals surface area contributed by atoms with E-state index in [-0.39, 0.29) is 5.41 Å². The molecule has 1 aliphatic carbocycles. The van der Waals surface area contributed by atoms with Gasteiger partial charge in [-0.05, 0) is 25.2 Å². The van der Waals surface area contributed by atoms with Crippen molar-refractivity contribution in [2.24, 2.45) is 5.41 Å². The van der Waals surface area contributed by atoms with E-state index in [1.807, 2.05) is 6.33 Å². The first kappa shape index (κ1) is 11.2. The average Bonchev–Trinajstić information content (AvgIpc) is 2.91. The highest BCUT2D eigenvalue weighted by Crippen LogP contribution is 2.46. The lowest BCUT2D eigenvalue weighted by atomic mass is 10.1. The van der Waals surface area contributed by atoms with Crippen LogP contribution in [0.3, 0.4) is 0 Å². The van der Waals surface area contributed by atoms with Gasteiger partial charge in [-0.1, -0.05) is 20.8 Å². The van der Waals surface area contributed by atoms with Gasteiger partial charge in [0.15, 0.2) is 0 Å². The average molecular weight is 217 g/mol. The van der Waals surface area contributed by atoms with Crippen LogP contribution in [-0.2, 0) is 13.0 Å². The van der Waals surface area contributed by atoms with Crippen molar-refractivity contribution in [1.82, 2.24) is 9.55 Å². The summed E-state index contributed by atoms with van der Waals surface area (Å²) >= 11 is 0. The van der Waals surface area contributed by atoms with Gasteiger partial charge in [0.05, 0.1) is 23.5 Å². The Bertz CT molecular complexity index is 419. The van der Waals surface area contributed by atoms with E-state index in [4.69, 9.17) is 5.26 Å². The fourth-order valence-electron chi connectivity index (χ4n) is 2.21. The van der Waals surface area contributed by atoms with E-state index >= 15 is 0 Å². The lowest BCUT2D eigenvalue weighted by molar-refractivity contribution is 0.513. The zero-order valence-corrected chi connectivity index (χ0v) is 10.3. The summed E-state index contributed by atoms with van der Waals surface area (Å²) in [7, 11) is 0. The minimum absolute atomic E-state index is 0.0845. The number of rotatable bonds is 4. The first-order chi connectivity index (χ1) is 7.62. The quantitative estimate of drug-likeness (QED) is 0.778. The van der Waals surface area contributed by atoms with Crippen LogP contribution in [0.2, 0.25) is 0 Å². The predicted octanol–water partition coefficient (Wildman–Crippen LogP) is 2.87. The predicted molar refractivity (Wildman–Crippen MR) is 63.0 cm³/mol. The summed E-state index contributed by atoms with van der Waals surface area (Å²) in [6, 6.07) is 2.44. The molecule has 1 saturated carbocycles. The summed E-state index contributed by atoms with van der Waals surface area (Å²) in [5.74, 6) is 0.466. The topological polar surface area (TPSA) is 41.6 Å². The van der Waals surface area contributed by atoms with Crippen LogP contribution in [-0.4, -0.2) is 9.55 Å². The molecule has 2 rings (SSSR count). The van der Waals surface area contributed by atoms with E-state index in [1.54, 1.807) is 0 Å². The van der Waals surface area contributed by atoms with Gasteiger partial charge in [-0.2, -0.15) is 5.26 Å². The van der Waals surface area contributed by atoms with Crippen molar-refractivity contribution in [3.05, 3.63) is 17.7 Å². The van der Waals surface area contributed by atoms with Crippen LogP contribution in [0.15, 0.2) is 6.33 Å². The maximum Gasteiger partial charge on any atom is 0.0952 e. The van der Waals surface area contributed by atoms with Crippen molar-refractivity contribution in [2.75, 3.05) is 0 Å². The van der Waals surface area contributed by atoms with Crippen molar-refractivity contribution in [2.45, 2.75) is 52.5 Å². The Kier molecular flexibility index (Phi) is 2.75. The highest BCUT2D eigenvalue weighted by molar-refractivity contribution is 5.19. The van der Waals surface area contributed by atoms with Crippen LogP contribution < -0.4 is 0 Å². The van der Waals surface area contributed by atoms with E-state index in [2.05, 4.69) is 36.4 Å². The molecule has 0 atom stereocenters. The molecule has 16 heavy (non-hydrogen) atoms. The number of aromatic nitrogens is 2. The Morgan fingerprint density at radius 3 is 2.69 bits per heavy atom. The molecule has 1 aromatic heterocycles. The van der Waals surface area contributed by atoms with Gasteiger partial charge in [-0.15, -0.1) is 0 Å². The fraction of sp³-hybridized carbons (Fsp3) is 0.692. The number of nitrogens with zero attached hydrogens (tertiary/aromatic N) is 3. The van der Waals surface area contributed by atoms with Crippen LogP contribution in [0, 0.1) is 16.7 Å². The summed E-state index contributed by atoms with van der Waals surface area (Å²) in [5.41, 5.74) is 2.41. The van der Waals surface area contributed by atoms with Crippen LogP contribution in [0.25, 0.3) is 0 Å². The van der Waals surface area contributed by atoms with Crippen molar-refractivity contribution >= 4 is 0 Å². The monoisotopic (exact) mass is 217 g/mol. The van der Waals surface area contributed by atoms with Gasteiger partial charge in [0.2, 0.25) is 0 Å². The number of imidazole rings is 1. The summed E-state index contributed by atoms with van der Waals surface area (Å²) < 4.78 is 2.19. The Balaban J connectivity index is 2.25. The Morgan fingerprint density at radius 2 is 2.25 bits per heavy atom. The molecule has 1 fully saturated rings. The molecule has 1 aliphatic rings. The van der Waals surface area contributed by atoms with Crippen molar-refractivity contribution in [1.29, 1.82) is 5.26 Å². The van der Waals surface area contributed by atoms with Crippen LogP contribution in [0.5, 0.6) is 0 Å². The Morgan fingerprint density at radius 1 is 1.56 bits per heavy atom. The third-order valence-electron chi connectivity index (χ3n) is 3.42. The molecule has 0 unspecified atom stereocenters. The second-order valence-electron chi connectivity index (χ2n) is 5.10. The van der Waals surface area contributed by atoms with E-state index in [1.165, 1.54) is 11.4 Å². The molecule has 86 valence electrons. The fourth-order valence-corrected chi connectivity index (χ4v) is 2.21. The van der Waals surface area contributed by atoms with Crippen molar-refractivity contribution < 1.29 is 0 Å². The largest absolute Gasteiger partial charge is 0.333 e. The molecule has 1 heterocycles. The van der Waals surface area contributed by atoms with Gasteiger partial charge in [-0.3, -0.25) is 0 Å². The Hall–Kier alpha value is -1.30. The van der Waals surface area contributed by atoms with Crippen molar-refractivity contribution in [3.8, 4) is 6.07 Å². The lowest BCUT2D eigenvalue weighted by Gasteiger charge is -2.12. The minimum Gasteiger partial charge on any atom is -0.333 e. The van der Waals surface area contributed by atoms with Crippen LogP contribution in [0.1, 0.15) is 50.9 Å². The smallest absolute Gasteiger partial charge is 0.0952 e. The molecule has 3 heteroatoms. The molecule has 0 saturated heterocycles. The molecular formula is C13H19N3. The molecular weight excluding hydrogens is 198 g/mol.